The number of nitrogens with one attached hydrogen (secondary N) is 8. The van der Waals surface area contributed by atoms with Gasteiger partial charge in [0.25, 0.3) is 5.88 Å². The lowest BCUT2D eigenvalue weighted by Crippen LogP contribution is -2.59. The molecule has 8 amide bonds. The Morgan fingerprint density at radius 3 is 1.32 bits per heavy atom. The predicted molar refractivity (Wildman–Crippen MR) is 423 cm³/mol. The van der Waals surface area contributed by atoms with Crippen molar-refractivity contribution in [3.8, 4) is 23.1 Å². The maximum atomic E-state index is 15.3. The molecule has 2 aromatic heterocycles. The molecule has 0 radical (unpaired) electrons. The van der Waals surface area contributed by atoms with Crippen molar-refractivity contribution in [1.29, 1.82) is 0 Å². The van der Waals surface area contributed by atoms with Crippen LogP contribution in [0.1, 0.15) is 111 Å². The lowest BCUT2D eigenvalue weighted by atomic mass is 10.0. The van der Waals surface area contributed by atoms with E-state index in [1.165, 1.54) is 25.4 Å². The molecule has 14 rings (SSSR count). The van der Waals surface area contributed by atoms with Gasteiger partial charge in [0.2, 0.25) is 47.3 Å². The monoisotopic (exact) mass is 1590 g/mol. The van der Waals surface area contributed by atoms with Crippen LogP contribution in [0.15, 0.2) is 170 Å². The van der Waals surface area contributed by atoms with Gasteiger partial charge in [0.1, 0.15) is 97.7 Å². The highest BCUT2D eigenvalue weighted by atomic mass is 16.5. The van der Waals surface area contributed by atoms with E-state index in [4.69, 9.17) is 18.9 Å². The summed E-state index contributed by atoms with van der Waals surface area (Å²) in [5.74, 6) is -7.59. The normalized spacial score (nSPS) is 20.7. The van der Waals surface area contributed by atoms with E-state index in [1.54, 1.807) is 159 Å². The molecule has 12 bridgehead atoms. The third-order valence-corrected chi connectivity index (χ3v) is 21.0. The van der Waals surface area contributed by atoms with Crippen molar-refractivity contribution in [2.75, 3.05) is 27.2 Å². The number of hydrogen-bond acceptors (Lipinski definition) is 20. The van der Waals surface area contributed by atoms with Gasteiger partial charge in [0.15, 0.2) is 0 Å². The van der Waals surface area contributed by atoms with E-state index in [9.17, 15) is 39.0 Å². The molecule has 12 atom stereocenters. The summed E-state index contributed by atoms with van der Waals surface area (Å²) in [6, 6.07) is 32.5. The second kappa shape index (κ2) is 39.4. The largest absolute Gasteiger partial charge is 0.489 e. The summed E-state index contributed by atoms with van der Waals surface area (Å²) in [4.78, 5) is 147. The Morgan fingerprint density at radius 1 is 0.483 bits per heavy atom. The molecule has 32 heteroatoms. The van der Waals surface area contributed by atoms with E-state index < -0.39 is 144 Å². The topological polar surface area (TPSA) is 412 Å². The van der Waals surface area contributed by atoms with E-state index in [0.717, 1.165) is 11.1 Å². The molecule has 0 spiro atoms. The molecule has 6 aliphatic heterocycles. The van der Waals surface area contributed by atoms with Gasteiger partial charge in [0, 0.05) is 51.6 Å². The number of ether oxygens (including phenoxy) is 4. The predicted octanol–water partition coefficient (Wildman–Crippen LogP) is 4.36. The second-order valence-electron chi connectivity index (χ2n) is 30.1. The highest BCUT2D eigenvalue weighted by Crippen LogP contribution is 2.33. The van der Waals surface area contributed by atoms with Gasteiger partial charge in [0.05, 0.1) is 36.6 Å². The van der Waals surface area contributed by atoms with Crippen molar-refractivity contribution in [2.45, 2.75) is 179 Å². The molecular weight excluding hydrogens is 1490 g/mol. The SMILES string of the molecule is CN[C@@H](C)C(=O)N[C@H](C(=O)N1C[C@@H]2C[C@H]1C(=O)N[C@@H](Cc1ccc(OCc3ccccc3)cc1)C(=O)N[C@H](C(=O)O)Cc1ccc(cc1)COc1cn(nn1)[C@H]1C[C@@H](C(=O)N[C@@H](Cc3ccc(OCc4ccccc4)cc3)C(=O)N[C@H](C(=O)O)Cc3ccc(cc3)OCc3cn2nn3)N(C(=O)[C@@H](NC(=O)[C@H](C)NC)C(C)C)C1)C(C)C. The number of hydrogen-bond donors (Lipinski definition) is 10. The Kier molecular flexibility index (Phi) is 28.7. The van der Waals surface area contributed by atoms with E-state index >= 15 is 19.2 Å². The van der Waals surface area contributed by atoms with E-state index in [-0.39, 0.29) is 83.9 Å². The minimum Gasteiger partial charge on any atom is -0.489 e. The van der Waals surface area contributed by atoms with Gasteiger partial charge in [-0.15, -0.1) is 5.10 Å². The summed E-state index contributed by atoms with van der Waals surface area (Å²) in [5, 5.41) is 61.6. The second-order valence-corrected chi connectivity index (χ2v) is 30.1. The average Bonchev–Trinajstić information content (AvgIpc) is 1.60. The number of likely N-dealkylation sites (N-methyl/N-ethyl adjacent to an activating group) is 2. The molecule has 10 N–H and O–H groups in total. The van der Waals surface area contributed by atoms with Crippen molar-refractivity contribution < 1.29 is 77.1 Å². The number of aromatic nitrogens is 6. The quantitative estimate of drug-likeness (QED) is 0.0450. The Hall–Kier alpha value is -12.6. The first kappa shape index (κ1) is 84.3. The molecule has 612 valence electrons. The maximum Gasteiger partial charge on any atom is 0.326 e. The fourth-order valence-electron chi connectivity index (χ4n) is 13.8. The van der Waals surface area contributed by atoms with E-state index in [1.807, 2.05) is 60.7 Å². The number of carboxylic acids is 2. The summed E-state index contributed by atoms with van der Waals surface area (Å²) < 4.78 is 27.4. The zero-order valence-corrected chi connectivity index (χ0v) is 65.9. The molecular formula is C84H100N16O16. The number of amides is 8. The molecule has 6 aliphatic rings. The van der Waals surface area contributed by atoms with Crippen LogP contribution in [0.3, 0.4) is 0 Å². The molecule has 2 saturated heterocycles. The summed E-state index contributed by atoms with van der Waals surface area (Å²) in [6.45, 7) is 10.4. The summed E-state index contributed by atoms with van der Waals surface area (Å²) in [5.41, 5.74) is 4.93. The summed E-state index contributed by atoms with van der Waals surface area (Å²) >= 11 is 0. The van der Waals surface area contributed by atoms with Crippen LogP contribution in [0.5, 0.6) is 23.1 Å². The highest BCUT2D eigenvalue weighted by Gasteiger charge is 2.47. The van der Waals surface area contributed by atoms with Crippen LogP contribution in [0.4, 0.5) is 0 Å². The molecule has 0 unspecified atom stereocenters. The standard InChI is InChI=1S/C84H100N16O16/c1-49(2)73(91-75(101)51(5)85-7)81(107)97-42-61-39-70(97)79(105)87-66(35-54-23-29-63(30-24-54)113-45-57-15-11-9-12-16-57)77(103)89-68(83(109)110)37-53-19-21-59(22-20-53)47-116-72-44-100(96-94-72)62-40-71(98(43-62)82(108)74(50(3)4)92-76(102)52(6)86-8)80(106)88-67(36-55-25-31-64(32-26-55)114-46-58-17-13-10-14-18-58)78(104)90-69(84(111)112)38-56-27-33-65(34-28-56)115-48-60-41-99(61)95-93-60/h9-34,41,44,49-52,61-62,66-71,73-74,85-86H,35-40,42-43,45-48H2,1-8H3,(H,87,105)(H,88,106)(H,89,103)(H,90,104)(H,91,101)(H,92,102)(H,109,110)(H,111,112)/t51-,52-,61-,62-,66-,67-,68-,69-,70-,71-,73-,74-/m0/s1. The Labute approximate surface area is 671 Å². The van der Waals surface area contributed by atoms with Gasteiger partial charge in [-0.3, -0.25) is 38.4 Å². The van der Waals surface area contributed by atoms with Crippen LogP contribution < -0.4 is 61.5 Å². The molecule has 116 heavy (non-hydrogen) atoms. The number of likely N-dealkylation sites (tertiary alicyclic amines) is 2. The van der Waals surface area contributed by atoms with Crippen LogP contribution in [0.2, 0.25) is 0 Å². The Bertz CT molecular complexity index is 4410. The van der Waals surface area contributed by atoms with Crippen molar-refractivity contribution >= 4 is 59.2 Å². The van der Waals surface area contributed by atoms with Crippen LogP contribution in [-0.4, -0.2) is 197 Å². The molecule has 0 aliphatic carbocycles. The smallest absolute Gasteiger partial charge is 0.326 e. The first-order chi connectivity index (χ1) is 55.8. The Morgan fingerprint density at radius 2 is 0.897 bits per heavy atom. The zero-order chi connectivity index (χ0) is 82.7. The highest BCUT2D eigenvalue weighted by molar-refractivity contribution is 5.98. The minimum atomic E-state index is -1.54. The lowest BCUT2D eigenvalue weighted by Gasteiger charge is -2.32. The molecule has 32 nitrogen and oxygen atoms in total. The van der Waals surface area contributed by atoms with Crippen molar-refractivity contribution in [3.05, 3.63) is 215 Å². The van der Waals surface area contributed by atoms with Crippen molar-refractivity contribution in [1.82, 2.24) is 82.3 Å². The first-order valence-corrected chi connectivity index (χ1v) is 38.8. The number of nitrogens with zero attached hydrogens (tertiary/aromatic N) is 8. The van der Waals surface area contributed by atoms with Crippen LogP contribution in [0.25, 0.3) is 0 Å². The fraction of sp³-hybridized carbons (Fsp3) is 0.405. The van der Waals surface area contributed by atoms with E-state index in [2.05, 4.69) is 63.2 Å². The van der Waals surface area contributed by atoms with Gasteiger partial charge < -0.3 is 81.5 Å². The third-order valence-electron chi connectivity index (χ3n) is 21.0. The van der Waals surface area contributed by atoms with Gasteiger partial charge in [-0.1, -0.05) is 165 Å². The summed E-state index contributed by atoms with van der Waals surface area (Å²) in [6.07, 6.45) is 2.26. The first-order valence-electron chi connectivity index (χ1n) is 38.8. The van der Waals surface area contributed by atoms with E-state index in [0.29, 0.717) is 50.8 Å². The number of carboxylic acid groups (broad SMARTS) is 2. The maximum absolute atomic E-state index is 15.3. The molecule has 8 heterocycles. The minimum absolute atomic E-state index is 0.0528. The average molecular weight is 1590 g/mol. The van der Waals surface area contributed by atoms with Crippen molar-refractivity contribution in [3.63, 3.8) is 0 Å². The number of benzene rings is 6. The van der Waals surface area contributed by atoms with Gasteiger partial charge in [-0.25, -0.2) is 19.0 Å². The number of carbonyl (C=O) groups excluding carboxylic acids is 8. The van der Waals surface area contributed by atoms with Gasteiger partial charge in [-0.2, -0.15) is 0 Å². The molecule has 0 saturated carbocycles. The molecule has 8 aromatic rings. The van der Waals surface area contributed by atoms with Crippen LogP contribution in [0, 0.1) is 11.8 Å². The number of carbonyl (C=O) groups is 10. The Balaban J connectivity index is 0.902. The fourth-order valence-corrected chi connectivity index (χ4v) is 13.8. The van der Waals surface area contributed by atoms with Gasteiger partial charge in [-0.05, 0) is 115 Å². The lowest BCUT2D eigenvalue weighted by molar-refractivity contribution is -0.144. The van der Waals surface area contributed by atoms with Gasteiger partial charge >= 0.3 is 11.9 Å². The third kappa shape index (κ3) is 22.5. The number of aliphatic carboxylic acids is 2. The van der Waals surface area contributed by atoms with Crippen LogP contribution >= 0.6 is 0 Å². The molecule has 2 fully saturated rings. The zero-order valence-electron chi connectivity index (χ0n) is 65.9. The number of rotatable bonds is 22. The van der Waals surface area contributed by atoms with Crippen molar-refractivity contribution in [2.24, 2.45) is 11.8 Å². The van der Waals surface area contributed by atoms with Crippen LogP contribution in [-0.2, 0) is 100 Å². The summed E-state index contributed by atoms with van der Waals surface area (Å²) in [7, 11) is 3.21. The molecule has 6 aromatic carbocycles.